The SMILES string of the molecule is Cc1cc(C(=O)NCCCS(=O)(=O)c2ccc(F)cc2)ncc1CO. The lowest BCUT2D eigenvalue weighted by molar-refractivity contribution is 0.0948. The molecule has 8 heteroatoms. The number of carbonyl (C=O) groups is 1. The van der Waals surface area contributed by atoms with Crippen LogP contribution in [-0.4, -0.2) is 36.7 Å². The number of amides is 1. The first-order valence-electron chi connectivity index (χ1n) is 7.66. The van der Waals surface area contributed by atoms with Gasteiger partial charge < -0.3 is 10.4 Å². The number of nitrogens with one attached hydrogen (secondary N) is 1. The summed E-state index contributed by atoms with van der Waals surface area (Å²) >= 11 is 0. The molecule has 134 valence electrons. The third-order valence-corrected chi connectivity index (χ3v) is 5.49. The van der Waals surface area contributed by atoms with Crippen LogP contribution in [-0.2, 0) is 16.4 Å². The summed E-state index contributed by atoms with van der Waals surface area (Å²) in [7, 11) is -3.52. The zero-order chi connectivity index (χ0) is 18.4. The van der Waals surface area contributed by atoms with Crippen LogP contribution in [0, 0.1) is 12.7 Å². The van der Waals surface area contributed by atoms with Gasteiger partial charge in [-0.2, -0.15) is 0 Å². The van der Waals surface area contributed by atoms with E-state index in [2.05, 4.69) is 10.3 Å². The fraction of sp³-hybridized carbons (Fsp3) is 0.294. The van der Waals surface area contributed by atoms with Gasteiger partial charge >= 0.3 is 0 Å². The molecule has 6 nitrogen and oxygen atoms in total. The van der Waals surface area contributed by atoms with Gasteiger partial charge in [-0.25, -0.2) is 12.8 Å². The maximum absolute atomic E-state index is 12.8. The molecule has 0 aliphatic carbocycles. The average Bonchev–Trinajstić information content (AvgIpc) is 2.59. The number of carbonyl (C=O) groups excluding carboxylic acids is 1. The maximum Gasteiger partial charge on any atom is 0.269 e. The van der Waals surface area contributed by atoms with Gasteiger partial charge in [0.25, 0.3) is 5.91 Å². The summed E-state index contributed by atoms with van der Waals surface area (Å²) < 4.78 is 37.0. The number of halogens is 1. The lowest BCUT2D eigenvalue weighted by Crippen LogP contribution is -2.27. The van der Waals surface area contributed by atoms with Crippen LogP contribution in [0.5, 0.6) is 0 Å². The average molecular weight is 366 g/mol. The molecule has 0 saturated heterocycles. The third-order valence-electron chi connectivity index (χ3n) is 3.67. The zero-order valence-electron chi connectivity index (χ0n) is 13.7. The molecule has 1 heterocycles. The molecule has 0 radical (unpaired) electrons. The fourth-order valence-electron chi connectivity index (χ4n) is 2.19. The van der Waals surface area contributed by atoms with E-state index in [1.807, 2.05) is 0 Å². The molecule has 0 aliphatic rings. The lowest BCUT2D eigenvalue weighted by Gasteiger charge is -2.08. The monoisotopic (exact) mass is 366 g/mol. The maximum atomic E-state index is 12.8. The van der Waals surface area contributed by atoms with Crippen molar-refractivity contribution in [2.45, 2.75) is 24.8 Å². The summed E-state index contributed by atoms with van der Waals surface area (Å²) in [5.41, 5.74) is 1.60. The highest BCUT2D eigenvalue weighted by molar-refractivity contribution is 7.91. The normalized spacial score (nSPS) is 11.3. The van der Waals surface area contributed by atoms with E-state index in [1.165, 1.54) is 18.3 Å². The Hall–Kier alpha value is -2.32. The summed E-state index contributed by atoms with van der Waals surface area (Å²) in [6, 6.07) is 6.20. The number of rotatable bonds is 7. The second kappa shape index (κ2) is 8.17. The van der Waals surface area contributed by atoms with E-state index < -0.39 is 21.6 Å². The number of aromatic nitrogens is 1. The highest BCUT2D eigenvalue weighted by atomic mass is 32.2. The summed E-state index contributed by atoms with van der Waals surface area (Å²) in [5, 5.41) is 11.7. The Kier molecular flexibility index (Phi) is 6.22. The smallest absolute Gasteiger partial charge is 0.269 e. The highest BCUT2D eigenvalue weighted by Crippen LogP contribution is 2.13. The minimum absolute atomic E-state index is 0.0529. The van der Waals surface area contributed by atoms with Gasteiger partial charge in [0.2, 0.25) is 0 Å². The fourth-order valence-corrected chi connectivity index (χ4v) is 3.50. The first-order chi connectivity index (χ1) is 11.8. The summed E-state index contributed by atoms with van der Waals surface area (Å²) in [4.78, 5) is 16.0. The van der Waals surface area contributed by atoms with Gasteiger partial charge in [0.05, 0.1) is 17.3 Å². The topological polar surface area (TPSA) is 96.4 Å². The number of benzene rings is 1. The number of hydrogen-bond acceptors (Lipinski definition) is 5. The van der Waals surface area contributed by atoms with Crippen LogP contribution in [0.1, 0.15) is 28.0 Å². The number of aliphatic hydroxyl groups excluding tert-OH is 1. The largest absolute Gasteiger partial charge is 0.392 e. The number of sulfone groups is 1. The Morgan fingerprint density at radius 3 is 2.56 bits per heavy atom. The molecule has 25 heavy (non-hydrogen) atoms. The number of aryl methyl sites for hydroxylation is 1. The second-order valence-corrected chi connectivity index (χ2v) is 7.65. The van der Waals surface area contributed by atoms with Crippen molar-refractivity contribution in [2.75, 3.05) is 12.3 Å². The molecule has 2 rings (SSSR count). The van der Waals surface area contributed by atoms with Crippen molar-refractivity contribution in [3.8, 4) is 0 Å². The molecule has 1 amide bonds. The Morgan fingerprint density at radius 2 is 1.96 bits per heavy atom. The Labute approximate surface area is 145 Å². The van der Waals surface area contributed by atoms with Crippen LogP contribution < -0.4 is 5.32 Å². The van der Waals surface area contributed by atoms with Crippen molar-refractivity contribution in [1.82, 2.24) is 10.3 Å². The first-order valence-corrected chi connectivity index (χ1v) is 9.31. The molecule has 2 aromatic rings. The Morgan fingerprint density at radius 1 is 1.28 bits per heavy atom. The van der Waals surface area contributed by atoms with Crippen molar-refractivity contribution in [1.29, 1.82) is 0 Å². The lowest BCUT2D eigenvalue weighted by atomic mass is 10.1. The van der Waals surface area contributed by atoms with Gasteiger partial charge in [0.1, 0.15) is 11.5 Å². The van der Waals surface area contributed by atoms with Gasteiger partial charge in [-0.15, -0.1) is 0 Å². The number of pyridine rings is 1. The summed E-state index contributed by atoms with van der Waals surface area (Å²) in [6.07, 6.45) is 1.66. The van der Waals surface area contributed by atoms with Gasteiger partial charge in [0, 0.05) is 12.7 Å². The quantitative estimate of drug-likeness (QED) is 0.573. The van der Waals surface area contributed by atoms with E-state index in [0.29, 0.717) is 5.56 Å². The standard InChI is InChI=1S/C17H19FN2O4S/c1-12-9-16(20-10-13(12)11-21)17(22)19-7-2-8-25(23,24)15-5-3-14(18)4-6-15/h3-6,9-10,21H,2,7-8,11H2,1H3,(H,19,22). The van der Waals surface area contributed by atoms with E-state index in [9.17, 15) is 17.6 Å². The van der Waals surface area contributed by atoms with Gasteiger partial charge in [-0.05, 0) is 54.8 Å². The summed E-state index contributed by atoms with van der Waals surface area (Å²) in [5.74, 6) is -1.07. The molecule has 0 spiro atoms. The van der Waals surface area contributed by atoms with Crippen LogP contribution in [0.3, 0.4) is 0 Å². The van der Waals surface area contributed by atoms with Gasteiger partial charge in [-0.3, -0.25) is 9.78 Å². The minimum Gasteiger partial charge on any atom is -0.392 e. The van der Waals surface area contributed by atoms with E-state index >= 15 is 0 Å². The molecular weight excluding hydrogens is 347 g/mol. The zero-order valence-corrected chi connectivity index (χ0v) is 14.5. The van der Waals surface area contributed by atoms with Crippen molar-refractivity contribution < 1.29 is 22.7 Å². The predicted octanol–water partition coefficient (Wildman–Crippen LogP) is 1.62. The van der Waals surface area contributed by atoms with E-state index in [-0.39, 0.29) is 35.9 Å². The molecule has 1 aromatic heterocycles. The van der Waals surface area contributed by atoms with Crippen molar-refractivity contribution in [3.63, 3.8) is 0 Å². The molecule has 0 bridgehead atoms. The molecule has 0 aliphatic heterocycles. The van der Waals surface area contributed by atoms with Crippen molar-refractivity contribution >= 4 is 15.7 Å². The molecule has 0 saturated carbocycles. The third kappa shape index (κ3) is 5.07. The molecule has 1 aromatic carbocycles. The molecular formula is C17H19FN2O4S. The predicted molar refractivity (Wildman–Crippen MR) is 90.3 cm³/mol. The molecule has 0 unspecified atom stereocenters. The van der Waals surface area contributed by atoms with Crippen LogP contribution in [0.25, 0.3) is 0 Å². The Balaban J connectivity index is 1.87. The van der Waals surface area contributed by atoms with E-state index in [1.54, 1.807) is 13.0 Å². The number of nitrogens with zero attached hydrogens (tertiary/aromatic N) is 1. The van der Waals surface area contributed by atoms with Crippen LogP contribution in [0.15, 0.2) is 41.4 Å². The number of hydrogen-bond donors (Lipinski definition) is 2. The van der Waals surface area contributed by atoms with Gasteiger partial charge in [-0.1, -0.05) is 0 Å². The Bertz CT molecular complexity index is 851. The van der Waals surface area contributed by atoms with Crippen LogP contribution in [0.4, 0.5) is 4.39 Å². The molecule has 0 fully saturated rings. The van der Waals surface area contributed by atoms with E-state index in [0.717, 1.165) is 17.7 Å². The molecule has 2 N–H and O–H groups in total. The van der Waals surface area contributed by atoms with Crippen molar-refractivity contribution in [3.05, 3.63) is 59.2 Å². The summed E-state index contributed by atoms with van der Waals surface area (Å²) in [6.45, 7) is 1.78. The van der Waals surface area contributed by atoms with Crippen molar-refractivity contribution in [2.24, 2.45) is 0 Å². The molecule has 0 atom stereocenters. The van der Waals surface area contributed by atoms with E-state index in [4.69, 9.17) is 5.11 Å². The minimum atomic E-state index is -3.52. The second-order valence-electron chi connectivity index (χ2n) is 5.54. The van der Waals surface area contributed by atoms with Crippen LogP contribution >= 0.6 is 0 Å². The van der Waals surface area contributed by atoms with Gasteiger partial charge in [0.15, 0.2) is 9.84 Å². The first kappa shape index (κ1) is 19.0. The number of aliphatic hydroxyl groups is 1. The highest BCUT2D eigenvalue weighted by Gasteiger charge is 2.15. The van der Waals surface area contributed by atoms with Crippen LogP contribution in [0.2, 0.25) is 0 Å².